The number of halogens is 2. The second-order valence-electron chi connectivity index (χ2n) is 3.30. The molecule has 0 fully saturated rings. The Morgan fingerprint density at radius 3 is 2.76 bits per heavy atom. The van der Waals surface area contributed by atoms with Crippen LogP contribution < -0.4 is 17.0 Å². The molecule has 0 amide bonds. The molecule has 0 atom stereocenters. The van der Waals surface area contributed by atoms with Crippen molar-refractivity contribution < 1.29 is 17.0 Å². The minimum Gasteiger partial charge on any atom is -1.00 e. The van der Waals surface area contributed by atoms with Gasteiger partial charge in [-0.1, -0.05) is 35.5 Å². The molecule has 88 valence electrons. The largest absolute Gasteiger partial charge is 1.00 e. The third-order valence-corrected chi connectivity index (χ3v) is 3.44. The summed E-state index contributed by atoms with van der Waals surface area (Å²) in [5.41, 5.74) is 2.09. The number of nitrogens with zero attached hydrogens (tertiary/aromatic N) is 4. The molecule has 0 bridgehead atoms. The van der Waals surface area contributed by atoms with Gasteiger partial charge in [0.15, 0.2) is 0 Å². The van der Waals surface area contributed by atoms with E-state index in [0.717, 1.165) is 27.2 Å². The molecule has 0 unspecified atom stereocenters. The fourth-order valence-electron chi connectivity index (χ4n) is 1.46. The van der Waals surface area contributed by atoms with E-state index < -0.39 is 0 Å². The summed E-state index contributed by atoms with van der Waals surface area (Å²) in [6.45, 7) is 0. The molecule has 0 N–H and O–H groups in total. The molecule has 2 aromatic rings. The highest BCUT2D eigenvalue weighted by Crippen LogP contribution is 2.22. The van der Waals surface area contributed by atoms with E-state index in [9.17, 15) is 0 Å². The first-order valence-electron chi connectivity index (χ1n) is 4.69. The molecule has 17 heavy (non-hydrogen) atoms. The second-order valence-corrected chi connectivity index (χ2v) is 4.68. The van der Waals surface area contributed by atoms with Crippen LogP contribution in [0.1, 0.15) is 5.56 Å². The number of rotatable bonds is 1. The van der Waals surface area contributed by atoms with Gasteiger partial charge in [0.2, 0.25) is 5.16 Å². The highest BCUT2D eigenvalue weighted by molar-refractivity contribution is 7.99. The molecule has 0 spiro atoms. The maximum Gasteiger partial charge on any atom is 0.212 e. The molecule has 0 radical (unpaired) electrons. The van der Waals surface area contributed by atoms with Crippen LogP contribution in [0.25, 0.3) is 0 Å². The van der Waals surface area contributed by atoms with E-state index >= 15 is 0 Å². The van der Waals surface area contributed by atoms with Crippen molar-refractivity contribution in [3.05, 3.63) is 41.2 Å². The molecule has 0 saturated heterocycles. The number of aromatic nitrogens is 3. The monoisotopic (exact) mass is 329 g/mol. The summed E-state index contributed by atoms with van der Waals surface area (Å²) in [6.07, 6.45) is 1.61. The highest BCUT2D eigenvalue weighted by atomic mass is 79.9. The summed E-state index contributed by atoms with van der Waals surface area (Å²) in [5.74, 6) is 0.806. The predicted molar refractivity (Wildman–Crippen MR) is 64.1 cm³/mol. The fraction of sp³-hybridized carbons (Fsp3) is 0.100. The first-order chi connectivity index (χ1) is 7.83. The van der Waals surface area contributed by atoms with Gasteiger partial charge in [-0.3, -0.25) is 0 Å². The smallest absolute Gasteiger partial charge is 0.212 e. The van der Waals surface area contributed by atoms with Crippen molar-refractivity contribution in [3.8, 4) is 0 Å². The van der Waals surface area contributed by atoms with Crippen LogP contribution in [0.3, 0.4) is 0 Å². The van der Waals surface area contributed by atoms with Crippen molar-refractivity contribution in [2.24, 2.45) is 5.10 Å². The molecule has 7 heteroatoms. The zero-order valence-electron chi connectivity index (χ0n) is 8.55. The van der Waals surface area contributed by atoms with E-state index in [1.807, 2.05) is 24.3 Å². The van der Waals surface area contributed by atoms with Crippen LogP contribution in [-0.2, 0) is 0 Å². The summed E-state index contributed by atoms with van der Waals surface area (Å²) in [4.78, 5) is 0. The zero-order valence-corrected chi connectivity index (χ0v) is 11.7. The van der Waals surface area contributed by atoms with Gasteiger partial charge in [0.05, 0.1) is 5.71 Å². The third kappa shape index (κ3) is 2.53. The lowest BCUT2D eigenvalue weighted by Crippen LogP contribution is -3.00. The minimum atomic E-state index is 0. The van der Waals surface area contributed by atoms with Crippen LogP contribution in [0.5, 0.6) is 0 Å². The van der Waals surface area contributed by atoms with Crippen LogP contribution in [0, 0.1) is 0 Å². The van der Waals surface area contributed by atoms with Gasteiger partial charge in [-0.15, -0.1) is 10.2 Å². The van der Waals surface area contributed by atoms with Crippen molar-refractivity contribution in [1.29, 1.82) is 0 Å². The number of thioether (sulfide) groups is 1. The standard InChI is InChI=1S/C10H7ClN4S.BrH/c11-8-3-1-7(2-4-8)9-5-16-10-13-12-6-15(10)14-9;/h1-4,6H,5H2;1H/p-1. The van der Waals surface area contributed by atoms with Crippen molar-refractivity contribution >= 4 is 29.1 Å². The zero-order chi connectivity index (χ0) is 11.0. The lowest BCUT2D eigenvalue weighted by molar-refractivity contribution is -0.00000318. The molecule has 0 aliphatic carbocycles. The summed E-state index contributed by atoms with van der Waals surface area (Å²) < 4.78 is 1.69. The van der Waals surface area contributed by atoms with Gasteiger partial charge in [0.25, 0.3) is 0 Å². The van der Waals surface area contributed by atoms with E-state index in [-0.39, 0.29) is 17.0 Å². The van der Waals surface area contributed by atoms with Gasteiger partial charge in [0, 0.05) is 10.8 Å². The number of hydrogen-bond acceptors (Lipinski definition) is 4. The number of benzene rings is 1. The molecule has 3 rings (SSSR count). The summed E-state index contributed by atoms with van der Waals surface area (Å²) >= 11 is 7.47. The normalized spacial score (nSPS) is 13.6. The Labute approximate surface area is 118 Å². The van der Waals surface area contributed by atoms with Gasteiger partial charge < -0.3 is 17.0 Å². The fourth-order valence-corrected chi connectivity index (χ4v) is 2.40. The first-order valence-corrected chi connectivity index (χ1v) is 6.06. The van der Waals surface area contributed by atoms with Crippen molar-refractivity contribution in [2.75, 3.05) is 5.75 Å². The van der Waals surface area contributed by atoms with E-state index in [4.69, 9.17) is 11.6 Å². The maximum absolute atomic E-state index is 5.84. The number of fused-ring (bicyclic) bond motifs is 1. The second kappa shape index (κ2) is 5.20. The Morgan fingerprint density at radius 2 is 2.00 bits per heavy atom. The van der Waals surface area contributed by atoms with Crippen molar-refractivity contribution in [3.63, 3.8) is 0 Å². The van der Waals surface area contributed by atoms with Gasteiger partial charge >= 0.3 is 0 Å². The molecule has 0 saturated carbocycles. The topological polar surface area (TPSA) is 43.1 Å². The van der Waals surface area contributed by atoms with Crippen LogP contribution in [0.2, 0.25) is 5.02 Å². The van der Waals surface area contributed by atoms with E-state index in [1.54, 1.807) is 22.8 Å². The summed E-state index contributed by atoms with van der Waals surface area (Å²) in [6, 6.07) is 7.67. The highest BCUT2D eigenvalue weighted by Gasteiger charge is 2.15. The summed E-state index contributed by atoms with van der Waals surface area (Å²) in [5, 5.41) is 13.8. The Balaban J connectivity index is 0.00000108. The Bertz CT molecular complexity index is 552. The lowest BCUT2D eigenvalue weighted by atomic mass is 10.1. The average Bonchev–Trinajstić information content (AvgIpc) is 2.77. The molecular weight excluding hydrogens is 324 g/mol. The quantitative estimate of drug-likeness (QED) is 0.694. The Morgan fingerprint density at radius 1 is 1.24 bits per heavy atom. The molecule has 4 nitrogen and oxygen atoms in total. The van der Waals surface area contributed by atoms with Gasteiger partial charge in [0.1, 0.15) is 6.33 Å². The number of hydrogen-bond donors (Lipinski definition) is 0. The van der Waals surface area contributed by atoms with Crippen LogP contribution in [0.4, 0.5) is 0 Å². The van der Waals surface area contributed by atoms with Crippen LogP contribution in [-0.4, -0.2) is 26.3 Å². The van der Waals surface area contributed by atoms with E-state index in [0.29, 0.717) is 0 Å². The molecule has 1 aromatic carbocycles. The van der Waals surface area contributed by atoms with E-state index in [1.165, 1.54) is 0 Å². The van der Waals surface area contributed by atoms with Crippen molar-refractivity contribution in [1.82, 2.24) is 14.9 Å². The Kier molecular flexibility index (Phi) is 3.86. The predicted octanol–water partition coefficient (Wildman–Crippen LogP) is -0.706. The lowest BCUT2D eigenvalue weighted by Gasteiger charge is -2.11. The molecule has 1 aliphatic heterocycles. The molecular formula is C10H7BrClN4S-. The van der Waals surface area contributed by atoms with E-state index in [2.05, 4.69) is 15.3 Å². The maximum atomic E-state index is 5.84. The van der Waals surface area contributed by atoms with Crippen LogP contribution in [0.15, 0.2) is 40.9 Å². The third-order valence-electron chi connectivity index (χ3n) is 2.24. The Hall–Kier alpha value is -0.850. The van der Waals surface area contributed by atoms with Crippen LogP contribution >= 0.6 is 23.4 Å². The minimum absolute atomic E-state index is 0. The van der Waals surface area contributed by atoms with Gasteiger partial charge in [-0.05, 0) is 17.7 Å². The molecule has 1 aromatic heterocycles. The summed E-state index contributed by atoms with van der Waals surface area (Å²) in [7, 11) is 0. The molecule has 2 heterocycles. The average molecular weight is 331 g/mol. The van der Waals surface area contributed by atoms with Crippen molar-refractivity contribution in [2.45, 2.75) is 5.16 Å². The first kappa shape index (κ1) is 12.6. The SMILES string of the molecule is Clc1ccc(C2=Nn3cnnc3SC2)cc1.[Br-]. The van der Waals surface area contributed by atoms with Gasteiger partial charge in [-0.25, -0.2) is 0 Å². The molecule has 1 aliphatic rings. The van der Waals surface area contributed by atoms with Gasteiger partial charge in [-0.2, -0.15) is 9.78 Å².